The molecule has 1 saturated heterocycles. The van der Waals surface area contributed by atoms with E-state index in [1.165, 1.54) is 5.56 Å². The summed E-state index contributed by atoms with van der Waals surface area (Å²) in [5.41, 5.74) is 1.22. The Bertz CT molecular complexity index is 551. The third kappa shape index (κ3) is 4.88. The lowest BCUT2D eigenvalue weighted by atomic mass is 9.97. The number of hydrogen-bond acceptors (Lipinski definition) is 3. The highest BCUT2D eigenvalue weighted by atomic mass is 16.5. The molecule has 0 spiro atoms. The Morgan fingerprint density at radius 3 is 2.46 bits per heavy atom. The Hall–Kier alpha value is -2.24. The Balaban J connectivity index is 1.71. The molecular formula is C18H26N2O4. The maximum absolute atomic E-state index is 12.1. The number of amides is 2. The van der Waals surface area contributed by atoms with E-state index in [2.05, 4.69) is 12.2 Å². The zero-order valence-corrected chi connectivity index (χ0v) is 14.3. The van der Waals surface area contributed by atoms with Gasteiger partial charge in [-0.2, -0.15) is 0 Å². The second-order valence-electron chi connectivity index (χ2n) is 6.29. The molecular weight excluding hydrogens is 308 g/mol. The van der Waals surface area contributed by atoms with Gasteiger partial charge in [0.25, 0.3) is 0 Å². The topological polar surface area (TPSA) is 78.9 Å². The van der Waals surface area contributed by atoms with Gasteiger partial charge in [-0.05, 0) is 42.9 Å². The second-order valence-corrected chi connectivity index (χ2v) is 6.29. The number of carboxylic acids is 1. The van der Waals surface area contributed by atoms with Gasteiger partial charge in [0.1, 0.15) is 5.75 Å². The largest absolute Gasteiger partial charge is 0.497 e. The number of aliphatic carboxylic acids is 1. The van der Waals surface area contributed by atoms with Crippen molar-refractivity contribution < 1.29 is 19.4 Å². The van der Waals surface area contributed by atoms with Gasteiger partial charge in [0.05, 0.1) is 13.0 Å². The highest BCUT2D eigenvalue weighted by molar-refractivity contribution is 5.75. The number of carboxylic acid groups (broad SMARTS) is 1. The summed E-state index contributed by atoms with van der Waals surface area (Å²) in [6.07, 6.45) is 1.92. The summed E-state index contributed by atoms with van der Waals surface area (Å²) in [5.74, 6) is 0.102. The number of nitrogens with zero attached hydrogens (tertiary/aromatic N) is 1. The number of hydrogen-bond donors (Lipinski definition) is 2. The van der Waals surface area contributed by atoms with E-state index in [0.29, 0.717) is 38.4 Å². The number of nitrogens with one attached hydrogen (secondary N) is 1. The maximum atomic E-state index is 12.1. The van der Waals surface area contributed by atoms with E-state index in [9.17, 15) is 9.59 Å². The Kier molecular flexibility index (Phi) is 6.46. The van der Waals surface area contributed by atoms with Crippen LogP contribution in [0.25, 0.3) is 0 Å². The normalized spacial score (nSPS) is 16.5. The van der Waals surface area contributed by atoms with Crippen LogP contribution in [0.3, 0.4) is 0 Å². The fourth-order valence-electron chi connectivity index (χ4n) is 2.94. The van der Waals surface area contributed by atoms with Crippen molar-refractivity contribution in [3.63, 3.8) is 0 Å². The summed E-state index contributed by atoms with van der Waals surface area (Å²) >= 11 is 0. The molecule has 1 aliphatic rings. The van der Waals surface area contributed by atoms with Crippen LogP contribution in [0.5, 0.6) is 5.75 Å². The van der Waals surface area contributed by atoms with Gasteiger partial charge < -0.3 is 20.1 Å². The quantitative estimate of drug-likeness (QED) is 0.838. The van der Waals surface area contributed by atoms with Crippen molar-refractivity contribution in [1.82, 2.24) is 10.2 Å². The number of benzene rings is 1. The average Bonchev–Trinajstić information content (AvgIpc) is 2.61. The number of carbonyl (C=O) groups is 2. The lowest BCUT2D eigenvalue weighted by Gasteiger charge is -2.30. The molecule has 1 aromatic carbocycles. The van der Waals surface area contributed by atoms with Gasteiger partial charge in [-0.1, -0.05) is 19.1 Å². The molecule has 0 aliphatic carbocycles. The molecule has 6 heteroatoms. The van der Waals surface area contributed by atoms with Gasteiger partial charge in [0.2, 0.25) is 0 Å². The number of methoxy groups -OCH3 is 1. The van der Waals surface area contributed by atoms with Gasteiger partial charge in [-0.3, -0.25) is 4.79 Å². The highest BCUT2D eigenvalue weighted by Gasteiger charge is 2.26. The Morgan fingerprint density at radius 2 is 1.92 bits per heavy atom. The van der Waals surface area contributed by atoms with Crippen LogP contribution >= 0.6 is 0 Å². The molecule has 0 saturated carbocycles. The second kappa shape index (κ2) is 8.57. The number of ether oxygens (including phenoxy) is 1. The van der Waals surface area contributed by atoms with E-state index >= 15 is 0 Å². The molecule has 1 fully saturated rings. The van der Waals surface area contributed by atoms with Crippen molar-refractivity contribution in [2.24, 2.45) is 5.92 Å². The highest BCUT2D eigenvalue weighted by Crippen LogP contribution is 2.21. The Morgan fingerprint density at radius 1 is 1.29 bits per heavy atom. The first kappa shape index (κ1) is 18.1. The van der Waals surface area contributed by atoms with Crippen molar-refractivity contribution in [3.8, 4) is 5.75 Å². The molecule has 1 aliphatic heterocycles. The summed E-state index contributed by atoms with van der Waals surface area (Å²) < 4.78 is 5.15. The third-order valence-electron chi connectivity index (χ3n) is 4.67. The summed E-state index contributed by atoms with van der Waals surface area (Å²) in [7, 11) is 1.65. The van der Waals surface area contributed by atoms with Gasteiger partial charge in [0, 0.05) is 19.6 Å². The molecule has 2 N–H and O–H groups in total. The van der Waals surface area contributed by atoms with Crippen LogP contribution in [-0.4, -0.2) is 48.8 Å². The molecule has 0 bridgehead atoms. The van der Waals surface area contributed by atoms with Crippen molar-refractivity contribution >= 4 is 12.0 Å². The minimum Gasteiger partial charge on any atom is -0.497 e. The number of carbonyl (C=O) groups excluding carboxylic acids is 1. The van der Waals surface area contributed by atoms with Crippen LogP contribution in [0, 0.1) is 5.92 Å². The molecule has 1 heterocycles. The van der Waals surface area contributed by atoms with E-state index in [-0.39, 0.29) is 11.9 Å². The molecule has 0 radical (unpaired) electrons. The van der Waals surface area contributed by atoms with E-state index < -0.39 is 5.97 Å². The number of likely N-dealkylation sites (tertiary alicyclic amines) is 1. The van der Waals surface area contributed by atoms with Crippen molar-refractivity contribution in [2.45, 2.75) is 32.1 Å². The lowest BCUT2D eigenvalue weighted by molar-refractivity contribution is -0.143. The molecule has 1 atom stereocenters. The van der Waals surface area contributed by atoms with E-state index in [4.69, 9.17) is 9.84 Å². The number of piperidine rings is 1. The lowest BCUT2D eigenvalue weighted by Crippen LogP contribution is -2.45. The van der Waals surface area contributed by atoms with Gasteiger partial charge in [0.15, 0.2) is 0 Å². The molecule has 1 unspecified atom stereocenters. The summed E-state index contributed by atoms with van der Waals surface area (Å²) in [4.78, 5) is 24.8. The maximum Gasteiger partial charge on any atom is 0.317 e. The van der Waals surface area contributed by atoms with Crippen LogP contribution in [0.15, 0.2) is 24.3 Å². The zero-order valence-electron chi connectivity index (χ0n) is 14.3. The van der Waals surface area contributed by atoms with E-state index in [0.717, 1.165) is 12.2 Å². The van der Waals surface area contributed by atoms with Gasteiger partial charge in [-0.25, -0.2) is 4.79 Å². The van der Waals surface area contributed by atoms with Crippen LogP contribution in [0.1, 0.15) is 37.7 Å². The van der Waals surface area contributed by atoms with Crippen molar-refractivity contribution in [3.05, 3.63) is 29.8 Å². The summed E-state index contributed by atoms with van der Waals surface area (Å²) in [6, 6.07) is 7.87. The minimum absolute atomic E-state index is 0.0965. The molecule has 24 heavy (non-hydrogen) atoms. The molecule has 1 aromatic rings. The van der Waals surface area contributed by atoms with Crippen LogP contribution in [0.2, 0.25) is 0 Å². The van der Waals surface area contributed by atoms with Crippen LogP contribution in [-0.2, 0) is 4.79 Å². The fraction of sp³-hybridized carbons (Fsp3) is 0.556. The fourth-order valence-corrected chi connectivity index (χ4v) is 2.94. The predicted octanol–water partition coefficient (Wildman–Crippen LogP) is 2.70. The van der Waals surface area contributed by atoms with Crippen molar-refractivity contribution in [2.75, 3.05) is 26.7 Å². The molecule has 2 amide bonds. The Labute approximate surface area is 142 Å². The van der Waals surface area contributed by atoms with E-state index in [1.54, 1.807) is 12.0 Å². The first-order valence-electron chi connectivity index (χ1n) is 8.40. The third-order valence-corrected chi connectivity index (χ3v) is 4.67. The number of rotatable bonds is 6. The van der Waals surface area contributed by atoms with Crippen molar-refractivity contribution in [1.29, 1.82) is 0 Å². The standard InChI is InChI=1S/C18H26N2O4/c1-13(14-3-5-16(24-2)6-4-14)7-10-19-18(23)20-11-8-15(9-12-20)17(21)22/h3-6,13,15H,7-12H2,1-2H3,(H,19,23)(H,21,22). The summed E-state index contributed by atoms with van der Waals surface area (Å²) in [6.45, 7) is 3.75. The molecule has 2 rings (SSSR count). The SMILES string of the molecule is COc1ccc(C(C)CCNC(=O)N2CCC(C(=O)O)CC2)cc1. The van der Waals surface area contributed by atoms with Crippen LogP contribution in [0.4, 0.5) is 4.79 Å². The van der Waals surface area contributed by atoms with Crippen LogP contribution < -0.4 is 10.1 Å². The molecule has 6 nitrogen and oxygen atoms in total. The zero-order chi connectivity index (χ0) is 17.5. The smallest absolute Gasteiger partial charge is 0.317 e. The molecule has 0 aromatic heterocycles. The van der Waals surface area contributed by atoms with E-state index in [1.807, 2.05) is 24.3 Å². The van der Waals surface area contributed by atoms with Gasteiger partial charge >= 0.3 is 12.0 Å². The molecule has 132 valence electrons. The first-order valence-corrected chi connectivity index (χ1v) is 8.40. The average molecular weight is 334 g/mol. The number of urea groups is 1. The first-order chi connectivity index (χ1) is 11.5. The van der Waals surface area contributed by atoms with Gasteiger partial charge in [-0.15, -0.1) is 0 Å². The monoisotopic (exact) mass is 334 g/mol. The summed E-state index contributed by atoms with van der Waals surface area (Å²) in [5, 5.41) is 11.9. The minimum atomic E-state index is -0.761. The predicted molar refractivity (Wildman–Crippen MR) is 91.4 cm³/mol.